The van der Waals surface area contributed by atoms with E-state index in [9.17, 15) is 4.39 Å². The average molecular weight is 274 g/mol. The van der Waals surface area contributed by atoms with Crippen LogP contribution in [0.4, 0.5) is 4.39 Å². The molecule has 2 nitrogen and oxygen atoms in total. The van der Waals surface area contributed by atoms with E-state index in [4.69, 9.17) is 5.26 Å². The van der Waals surface area contributed by atoms with Gasteiger partial charge in [0, 0.05) is 22.8 Å². The SMILES string of the molecule is CCc1ccc(CNCc2cc(F)ccc2C#N)s1. The molecule has 0 atom stereocenters. The van der Waals surface area contributed by atoms with Crippen LogP contribution in [0.3, 0.4) is 0 Å². The fourth-order valence-corrected chi connectivity index (χ4v) is 2.77. The van der Waals surface area contributed by atoms with Crippen molar-refractivity contribution < 1.29 is 4.39 Å². The Bertz CT molecular complexity index is 598. The number of thiophene rings is 1. The maximum absolute atomic E-state index is 13.1. The quantitative estimate of drug-likeness (QED) is 0.904. The number of halogens is 1. The van der Waals surface area contributed by atoms with Gasteiger partial charge in [-0.1, -0.05) is 6.92 Å². The summed E-state index contributed by atoms with van der Waals surface area (Å²) in [5.74, 6) is -0.305. The molecule has 0 spiro atoms. The first kappa shape index (κ1) is 13.7. The van der Waals surface area contributed by atoms with Crippen LogP contribution >= 0.6 is 11.3 Å². The molecular formula is C15H15FN2S. The number of aryl methyl sites for hydroxylation is 1. The van der Waals surface area contributed by atoms with Gasteiger partial charge >= 0.3 is 0 Å². The maximum Gasteiger partial charge on any atom is 0.123 e. The van der Waals surface area contributed by atoms with Crippen LogP contribution in [0.15, 0.2) is 30.3 Å². The lowest BCUT2D eigenvalue weighted by Crippen LogP contribution is -2.13. The lowest BCUT2D eigenvalue weighted by Gasteiger charge is -2.05. The summed E-state index contributed by atoms with van der Waals surface area (Å²) in [6, 6.07) is 10.6. The van der Waals surface area contributed by atoms with E-state index in [-0.39, 0.29) is 5.82 Å². The summed E-state index contributed by atoms with van der Waals surface area (Å²) in [5.41, 5.74) is 1.23. The molecule has 0 fully saturated rings. The van der Waals surface area contributed by atoms with Gasteiger partial charge in [0.1, 0.15) is 5.82 Å². The zero-order valence-electron chi connectivity index (χ0n) is 10.7. The van der Waals surface area contributed by atoms with Gasteiger partial charge in [-0.05, 0) is 42.3 Å². The second-order valence-corrected chi connectivity index (χ2v) is 5.49. The van der Waals surface area contributed by atoms with Crippen LogP contribution in [-0.2, 0) is 19.5 Å². The van der Waals surface area contributed by atoms with Crippen molar-refractivity contribution in [1.29, 1.82) is 5.26 Å². The van der Waals surface area contributed by atoms with E-state index in [1.807, 2.05) is 0 Å². The van der Waals surface area contributed by atoms with Crippen molar-refractivity contribution >= 4 is 11.3 Å². The van der Waals surface area contributed by atoms with E-state index in [2.05, 4.69) is 30.4 Å². The molecule has 0 saturated carbocycles. The summed E-state index contributed by atoms with van der Waals surface area (Å²) in [7, 11) is 0. The Kier molecular flexibility index (Phi) is 4.67. The Morgan fingerprint density at radius 2 is 2.00 bits per heavy atom. The van der Waals surface area contributed by atoms with Crippen LogP contribution in [-0.4, -0.2) is 0 Å². The van der Waals surface area contributed by atoms with E-state index < -0.39 is 0 Å². The summed E-state index contributed by atoms with van der Waals surface area (Å²) in [5, 5.41) is 12.2. The summed E-state index contributed by atoms with van der Waals surface area (Å²) >= 11 is 1.78. The van der Waals surface area contributed by atoms with Crippen LogP contribution in [0.1, 0.15) is 27.8 Å². The van der Waals surface area contributed by atoms with Crippen LogP contribution < -0.4 is 5.32 Å². The van der Waals surface area contributed by atoms with E-state index in [1.165, 1.54) is 28.0 Å². The fourth-order valence-electron chi connectivity index (χ4n) is 1.85. The second kappa shape index (κ2) is 6.46. The van der Waals surface area contributed by atoms with E-state index in [0.717, 1.165) is 13.0 Å². The number of nitriles is 1. The zero-order chi connectivity index (χ0) is 13.7. The average Bonchev–Trinajstić information content (AvgIpc) is 2.87. The molecule has 98 valence electrons. The Labute approximate surface area is 116 Å². The van der Waals surface area contributed by atoms with Crippen LogP contribution in [0, 0.1) is 17.1 Å². The minimum absolute atomic E-state index is 0.305. The minimum Gasteiger partial charge on any atom is -0.308 e. The normalized spacial score (nSPS) is 10.4. The number of rotatable bonds is 5. The predicted molar refractivity (Wildman–Crippen MR) is 75.4 cm³/mol. The Balaban J connectivity index is 1.95. The van der Waals surface area contributed by atoms with Gasteiger partial charge in [-0.25, -0.2) is 4.39 Å². The number of hydrogen-bond donors (Lipinski definition) is 1. The standard InChI is InChI=1S/C15H15FN2S/c1-2-14-5-6-15(19-14)10-18-9-12-7-13(16)4-3-11(12)8-17/h3-7,18H,2,9-10H2,1H3. The van der Waals surface area contributed by atoms with Crippen molar-refractivity contribution in [3.8, 4) is 6.07 Å². The molecule has 19 heavy (non-hydrogen) atoms. The monoisotopic (exact) mass is 274 g/mol. The molecule has 1 N–H and O–H groups in total. The molecule has 2 rings (SSSR count). The molecule has 1 aromatic heterocycles. The van der Waals surface area contributed by atoms with Gasteiger partial charge in [-0.15, -0.1) is 11.3 Å². The molecule has 0 amide bonds. The number of benzene rings is 1. The predicted octanol–water partition coefficient (Wildman–Crippen LogP) is 3.61. The van der Waals surface area contributed by atoms with E-state index in [1.54, 1.807) is 11.3 Å². The van der Waals surface area contributed by atoms with Gasteiger partial charge < -0.3 is 5.32 Å². The van der Waals surface area contributed by atoms with E-state index in [0.29, 0.717) is 17.7 Å². The first-order valence-corrected chi connectivity index (χ1v) is 7.01. The number of nitrogens with one attached hydrogen (secondary N) is 1. The van der Waals surface area contributed by atoms with Crippen molar-refractivity contribution in [1.82, 2.24) is 5.32 Å². The molecule has 0 unspecified atom stereocenters. The molecule has 0 aliphatic carbocycles. The van der Waals surface area contributed by atoms with Crippen molar-refractivity contribution in [2.75, 3.05) is 0 Å². The molecular weight excluding hydrogens is 259 g/mol. The van der Waals surface area contributed by atoms with Crippen molar-refractivity contribution in [3.05, 3.63) is 57.0 Å². The summed E-state index contributed by atoms with van der Waals surface area (Å²) in [6.45, 7) is 3.38. The smallest absolute Gasteiger partial charge is 0.123 e. The second-order valence-electron chi connectivity index (χ2n) is 4.24. The zero-order valence-corrected chi connectivity index (χ0v) is 11.6. The molecule has 2 aromatic rings. The highest BCUT2D eigenvalue weighted by Gasteiger charge is 2.04. The maximum atomic E-state index is 13.1. The van der Waals surface area contributed by atoms with E-state index >= 15 is 0 Å². The Morgan fingerprint density at radius 3 is 2.68 bits per heavy atom. The molecule has 0 aliphatic rings. The van der Waals surface area contributed by atoms with Crippen LogP contribution in [0.25, 0.3) is 0 Å². The summed E-state index contributed by atoms with van der Waals surface area (Å²) < 4.78 is 13.1. The molecule has 0 aliphatic heterocycles. The molecule has 4 heteroatoms. The third kappa shape index (κ3) is 3.63. The molecule has 1 aromatic carbocycles. The largest absolute Gasteiger partial charge is 0.308 e. The number of hydrogen-bond acceptors (Lipinski definition) is 3. The molecule has 0 radical (unpaired) electrons. The van der Waals surface area contributed by atoms with Gasteiger partial charge in [-0.3, -0.25) is 0 Å². The lowest BCUT2D eigenvalue weighted by molar-refractivity contribution is 0.620. The van der Waals surface area contributed by atoms with Crippen molar-refractivity contribution in [3.63, 3.8) is 0 Å². The summed E-state index contributed by atoms with van der Waals surface area (Å²) in [4.78, 5) is 2.62. The third-order valence-corrected chi connectivity index (χ3v) is 4.10. The lowest BCUT2D eigenvalue weighted by atomic mass is 10.1. The van der Waals surface area contributed by atoms with Gasteiger partial charge in [0.2, 0.25) is 0 Å². The van der Waals surface area contributed by atoms with Gasteiger partial charge in [0.25, 0.3) is 0 Å². The highest BCUT2D eigenvalue weighted by molar-refractivity contribution is 7.11. The topological polar surface area (TPSA) is 35.8 Å². The van der Waals surface area contributed by atoms with Gasteiger partial charge in [0.15, 0.2) is 0 Å². The van der Waals surface area contributed by atoms with Gasteiger partial charge in [-0.2, -0.15) is 5.26 Å². The van der Waals surface area contributed by atoms with Crippen molar-refractivity contribution in [2.24, 2.45) is 0 Å². The van der Waals surface area contributed by atoms with Crippen LogP contribution in [0.5, 0.6) is 0 Å². The molecule has 0 bridgehead atoms. The third-order valence-electron chi connectivity index (χ3n) is 2.87. The minimum atomic E-state index is -0.305. The molecule has 1 heterocycles. The fraction of sp³-hybridized carbons (Fsp3) is 0.267. The first-order valence-electron chi connectivity index (χ1n) is 6.19. The van der Waals surface area contributed by atoms with Crippen molar-refractivity contribution in [2.45, 2.75) is 26.4 Å². The number of nitrogens with zero attached hydrogens (tertiary/aromatic N) is 1. The van der Waals surface area contributed by atoms with Gasteiger partial charge in [0.05, 0.1) is 11.6 Å². The highest BCUT2D eigenvalue weighted by Crippen LogP contribution is 2.17. The van der Waals surface area contributed by atoms with Crippen LogP contribution in [0.2, 0.25) is 0 Å². The Morgan fingerprint density at radius 1 is 1.21 bits per heavy atom. The first-order chi connectivity index (χ1) is 9.22. The summed E-state index contributed by atoms with van der Waals surface area (Å²) in [6.07, 6.45) is 1.05. The highest BCUT2D eigenvalue weighted by atomic mass is 32.1. The Hall–Kier alpha value is -1.70. The molecule has 0 saturated heterocycles.